The number of furan rings is 1. The van der Waals surface area contributed by atoms with Crippen molar-refractivity contribution in [2.45, 2.75) is 38.5 Å². The summed E-state index contributed by atoms with van der Waals surface area (Å²) in [5, 5.41) is 19.5. The maximum Gasteiger partial charge on any atom is 0.346 e. The van der Waals surface area contributed by atoms with Gasteiger partial charge in [0.25, 0.3) is 0 Å². The van der Waals surface area contributed by atoms with Gasteiger partial charge in [0.05, 0.1) is 4.88 Å². The minimum absolute atomic E-state index is 0.151. The number of nitriles is 1. The lowest BCUT2D eigenvalue weighted by atomic mass is 9.82. The zero-order chi connectivity index (χ0) is 35.9. The van der Waals surface area contributed by atoms with Gasteiger partial charge in [-0.05, 0) is 105 Å². The monoisotopic (exact) mass is 694 g/mol. The Morgan fingerprint density at radius 1 is 0.692 bits per heavy atom. The molecule has 9 rings (SSSR count). The molecule has 252 valence electrons. The van der Waals surface area contributed by atoms with Crippen molar-refractivity contribution in [1.82, 2.24) is 0 Å². The molecule has 0 atom stereocenters. The first kappa shape index (κ1) is 31.8. The SMILES string of the molecule is CC1(C)c2ccccc2-c2ccc(N(c3ccc4c(c3)C(C)(C)c3ccccc3-4)c3ccc4cc(-c5ccc(C=C(C#N)C(=O)O)s5)oc4c3)cc21. The number of fused-ring (bicyclic) bond motifs is 7. The average molecular weight is 695 g/mol. The lowest BCUT2D eigenvalue weighted by Gasteiger charge is -2.29. The van der Waals surface area contributed by atoms with Gasteiger partial charge in [0.15, 0.2) is 0 Å². The van der Waals surface area contributed by atoms with E-state index in [1.807, 2.05) is 18.2 Å². The predicted molar refractivity (Wildman–Crippen MR) is 211 cm³/mol. The van der Waals surface area contributed by atoms with Gasteiger partial charge in [-0.2, -0.15) is 5.26 Å². The van der Waals surface area contributed by atoms with E-state index < -0.39 is 5.97 Å². The van der Waals surface area contributed by atoms with E-state index in [0.717, 1.165) is 32.9 Å². The number of hydrogen-bond donors (Lipinski definition) is 1. The Labute approximate surface area is 306 Å². The number of carboxylic acids is 1. The van der Waals surface area contributed by atoms with Crippen molar-refractivity contribution in [3.8, 4) is 39.0 Å². The third kappa shape index (κ3) is 4.77. The van der Waals surface area contributed by atoms with Crippen LogP contribution in [0.1, 0.15) is 54.8 Å². The minimum Gasteiger partial charge on any atom is -0.477 e. The third-order valence-corrected chi connectivity index (χ3v) is 12.0. The van der Waals surface area contributed by atoms with Gasteiger partial charge in [0.2, 0.25) is 0 Å². The molecule has 2 heterocycles. The van der Waals surface area contributed by atoms with Crippen molar-refractivity contribution >= 4 is 51.4 Å². The molecule has 0 aliphatic heterocycles. The Kier molecular flexibility index (Phi) is 6.99. The van der Waals surface area contributed by atoms with Gasteiger partial charge in [0.1, 0.15) is 23.0 Å². The summed E-state index contributed by atoms with van der Waals surface area (Å²) in [4.78, 5) is 15.2. The summed E-state index contributed by atoms with van der Waals surface area (Å²) in [6, 6.07) is 45.0. The van der Waals surface area contributed by atoms with Crippen LogP contribution in [0.5, 0.6) is 0 Å². The Balaban J connectivity index is 1.18. The van der Waals surface area contributed by atoms with Crippen LogP contribution in [0.25, 0.3) is 49.9 Å². The molecule has 2 aliphatic carbocycles. The molecule has 2 aliphatic rings. The van der Waals surface area contributed by atoms with Crippen LogP contribution in [0, 0.1) is 11.3 Å². The summed E-state index contributed by atoms with van der Waals surface area (Å²) in [5.41, 5.74) is 13.7. The molecule has 0 fully saturated rings. The molecule has 0 spiro atoms. The summed E-state index contributed by atoms with van der Waals surface area (Å²) >= 11 is 1.38. The van der Waals surface area contributed by atoms with Crippen LogP contribution >= 0.6 is 11.3 Å². The summed E-state index contributed by atoms with van der Waals surface area (Å²) in [7, 11) is 0. The molecule has 0 saturated carbocycles. The van der Waals surface area contributed by atoms with Crippen molar-refractivity contribution in [1.29, 1.82) is 5.26 Å². The maximum absolute atomic E-state index is 11.4. The summed E-state index contributed by atoms with van der Waals surface area (Å²) < 4.78 is 6.49. The van der Waals surface area contributed by atoms with Gasteiger partial charge < -0.3 is 14.4 Å². The van der Waals surface area contributed by atoms with E-state index in [0.29, 0.717) is 10.6 Å². The van der Waals surface area contributed by atoms with Crippen molar-refractivity contribution in [2.75, 3.05) is 4.90 Å². The maximum atomic E-state index is 11.4. The van der Waals surface area contributed by atoms with Gasteiger partial charge in [0, 0.05) is 44.2 Å². The number of carboxylic acid groups (broad SMARTS) is 1. The Morgan fingerprint density at radius 2 is 1.23 bits per heavy atom. The number of aliphatic carboxylic acids is 1. The van der Waals surface area contributed by atoms with Crippen LogP contribution in [0.15, 0.2) is 131 Å². The van der Waals surface area contributed by atoms with Crippen LogP contribution < -0.4 is 4.90 Å². The third-order valence-electron chi connectivity index (χ3n) is 10.9. The Hall–Kier alpha value is -6.16. The highest BCUT2D eigenvalue weighted by Crippen LogP contribution is 2.53. The molecule has 52 heavy (non-hydrogen) atoms. The molecule has 1 N–H and O–H groups in total. The molecule has 0 amide bonds. The van der Waals surface area contributed by atoms with Gasteiger partial charge >= 0.3 is 5.97 Å². The van der Waals surface area contributed by atoms with Crippen LogP contribution in [0.3, 0.4) is 0 Å². The van der Waals surface area contributed by atoms with E-state index in [1.165, 1.54) is 61.9 Å². The highest BCUT2D eigenvalue weighted by Gasteiger charge is 2.37. The largest absolute Gasteiger partial charge is 0.477 e. The van der Waals surface area contributed by atoms with E-state index in [4.69, 9.17) is 4.42 Å². The number of rotatable bonds is 6. The van der Waals surface area contributed by atoms with Crippen LogP contribution in [0.2, 0.25) is 0 Å². The number of hydrogen-bond acceptors (Lipinski definition) is 5. The first-order chi connectivity index (χ1) is 25.0. The first-order valence-electron chi connectivity index (χ1n) is 17.3. The summed E-state index contributed by atoms with van der Waals surface area (Å²) in [5.74, 6) is -0.558. The zero-order valence-corrected chi connectivity index (χ0v) is 30.0. The number of carbonyl (C=O) groups is 1. The molecule has 0 bridgehead atoms. The highest BCUT2D eigenvalue weighted by molar-refractivity contribution is 7.16. The van der Waals surface area contributed by atoms with E-state index in [-0.39, 0.29) is 16.4 Å². The second-order valence-electron chi connectivity index (χ2n) is 14.6. The lowest BCUT2D eigenvalue weighted by Crippen LogP contribution is -2.18. The minimum atomic E-state index is -1.24. The molecule has 0 unspecified atom stereocenters. The fourth-order valence-corrected chi connectivity index (χ4v) is 9.14. The van der Waals surface area contributed by atoms with Gasteiger partial charge in [-0.25, -0.2) is 4.79 Å². The van der Waals surface area contributed by atoms with E-state index >= 15 is 0 Å². The lowest BCUT2D eigenvalue weighted by molar-refractivity contribution is -0.132. The van der Waals surface area contributed by atoms with Crippen LogP contribution in [-0.2, 0) is 15.6 Å². The first-order valence-corrected chi connectivity index (χ1v) is 18.1. The van der Waals surface area contributed by atoms with Crippen molar-refractivity contribution in [3.05, 3.63) is 154 Å². The molecule has 7 aromatic rings. The molecular formula is C46H34N2O3S. The molecule has 6 heteroatoms. The van der Waals surface area contributed by atoms with Gasteiger partial charge in [-0.1, -0.05) is 88.4 Å². The average Bonchev–Trinajstić information content (AvgIpc) is 3.89. The number of anilines is 3. The van der Waals surface area contributed by atoms with E-state index in [2.05, 4.69) is 136 Å². The second-order valence-corrected chi connectivity index (χ2v) is 15.8. The Bertz CT molecular complexity index is 2590. The summed E-state index contributed by atoms with van der Waals surface area (Å²) in [6.07, 6.45) is 1.39. The highest BCUT2D eigenvalue weighted by atomic mass is 32.1. The molecule has 5 aromatic carbocycles. The van der Waals surface area contributed by atoms with Crippen molar-refractivity contribution < 1.29 is 14.3 Å². The number of nitrogens with zero attached hydrogens (tertiary/aromatic N) is 2. The smallest absolute Gasteiger partial charge is 0.346 e. The molecule has 0 saturated heterocycles. The van der Waals surface area contributed by atoms with Gasteiger partial charge in [-0.3, -0.25) is 0 Å². The van der Waals surface area contributed by atoms with Crippen LogP contribution in [0.4, 0.5) is 17.1 Å². The van der Waals surface area contributed by atoms with E-state index in [9.17, 15) is 15.2 Å². The fraction of sp³-hybridized carbons (Fsp3) is 0.130. The number of thiophene rings is 1. The zero-order valence-electron chi connectivity index (χ0n) is 29.2. The number of benzene rings is 5. The Morgan fingerprint density at radius 3 is 1.81 bits per heavy atom. The second kappa shape index (κ2) is 11.4. The van der Waals surface area contributed by atoms with Crippen molar-refractivity contribution in [3.63, 3.8) is 0 Å². The molecular weight excluding hydrogens is 661 g/mol. The summed E-state index contributed by atoms with van der Waals surface area (Å²) in [6.45, 7) is 9.25. The molecule has 5 nitrogen and oxygen atoms in total. The van der Waals surface area contributed by atoms with Gasteiger partial charge in [-0.15, -0.1) is 11.3 Å². The van der Waals surface area contributed by atoms with Crippen LogP contribution in [-0.4, -0.2) is 11.1 Å². The molecule has 2 aromatic heterocycles. The standard InChI is InChI=1S/C46H34N2O3S/c1-45(2)37-11-7-5-9-33(37)35-18-15-29(23-39(35)45)48(30-16-19-36-34-10-6-8-12-38(34)46(3,4)40(36)24-30)31-14-13-27-22-42(51-41(27)25-31)43-20-17-32(52-43)21-28(26-47)44(49)50/h5-25H,1-4H3,(H,49,50). The normalized spacial score (nSPS) is 14.7. The molecule has 0 radical (unpaired) electrons. The fourth-order valence-electron chi connectivity index (χ4n) is 8.24. The topological polar surface area (TPSA) is 77.5 Å². The van der Waals surface area contributed by atoms with E-state index in [1.54, 1.807) is 6.07 Å². The quantitative estimate of drug-likeness (QED) is 0.138. The van der Waals surface area contributed by atoms with Crippen molar-refractivity contribution in [2.24, 2.45) is 0 Å². The predicted octanol–water partition coefficient (Wildman–Crippen LogP) is 12.2.